The van der Waals surface area contributed by atoms with Crippen LogP contribution in [-0.2, 0) is 0 Å². The molecule has 0 aromatic heterocycles. The summed E-state index contributed by atoms with van der Waals surface area (Å²) < 4.78 is 0. The van der Waals surface area contributed by atoms with E-state index in [-0.39, 0.29) is 0 Å². The highest BCUT2D eigenvalue weighted by molar-refractivity contribution is 5.49. The minimum absolute atomic E-state index is 0.750. The summed E-state index contributed by atoms with van der Waals surface area (Å²) in [4.78, 5) is 0. The zero-order chi connectivity index (χ0) is 9.52. The lowest BCUT2D eigenvalue weighted by atomic mass is 10.1. The molecule has 69 valence electrons. The lowest BCUT2D eigenvalue weighted by molar-refractivity contribution is 0.647. The number of benzene rings is 1. The Morgan fingerprint density at radius 1 is 1.15 bits per heavy atom. The van der Waals surface area contributed by atoms with Crippen LogP contribution in [-0.4, -0.2) is 0 Å². The van der Waals surface area contributed by atoms with Crippen LogP contribution in [0.15, 0.2) is 36.4 Å². The first-order chi connectivity index (χ1) is 6.29. The molecule has 0 aliphatic carbocycles. The second kappa shape index (κ2) is 5.58. The van der Waals surface area contributed by atoms with Crippen molar-refractivity contribution < 1.29 is 0 Å². The van der Waals surface area contributed by atoms with Crippen molar-refractivity contribution in [2.75, 3.05) is 0 Å². The van der Waals surface area contributed by atoms with Crippen molar-refractivity contribution in [2.45, 2.75) is 20.3 Å². The Hall–Kier alpha value is -1.04. The molecule has 0 nitrogen and oxygen atoms in total. The smallest absolute Gasteiger partial charge is 0.0165 e. The van der Waals surface area contributed by atoms with Crippen molar-refractivity contribution in [1.29, 1.82) is 0 Å². The Bertz CT molecular complexity index is 244. The molecule has 1 aromatic carbocycles. The van der Waals surface area contributed by atoms with Gasteiger partial charge in [0.15, 0.2) is 0 Å². The molecule has 0 aliphatic heterocycles. The number of hydrogen-bond donors (Lipinski definition) is 0. The largest absolute Gasteiger partial charge is 0.0802 e. The van der Waals surface area contributed by atoms with Gasteiger partial charge in [0.2, 0.25) is 0 Å². The summed E-state index contributed by atoms with van der Waals surface area (Å²) in [7, 11) is 0. The Kier molecular flexibility index (Phi) is 4.31. The minimum atomic E-state index is 0.750. The molecule has 0 heterocycles. The van der Waals surface area contributed by atoms with Crippen molar-refractivity contribution >= 4 is 6.08 Å². The van der Waals surface area contributed by atoms with Gasteiger partial charge in [0.1, 0.15) is 0 Å². The molecule has 1 rings (SSSR count). The molecule has 0 heteroatoms. The Balaban J connectivity index is 2.33. The summed E-state index contributed by atoms with van der Waals surface area (Å²) in [5, 5.41) is 0. The van der Waals surface area contributed by atoms with Gasteiger partial charge in [-0.2, -0.15) is 0 Å². The highest BCUT2D eigenvalue weighted by atomic mass is 14.0. The SMILES string of the molecule is CC(C)C[CH]C=Cc1ccccc1. The van der Waals surface area contributed by atoms with Gasteiger partial charge in [-0.05, 0) is 24.3 Å². The highest BCUT2D eigenvalue weighted by Gasteiger charge is 1.89. The first-order valence-electron chi connectivity index (χ1n) is 4.84. The van der Waals surface area contributed by atoms with Crippen LogP contribution in [0.2, 0.25) is 0 Å². The zero-order valence-electron chi connectivity index (χ0n) is 8.40. The van der Waals surface area contributed by atoms with Crippen molar-refractivity contribution in [3.05, 3.63) is 48.4 Å². The van der Waals surface area contributed by atoms with Crippen LogP contribution in [0.25, 0.3) is 6.08 Å². The maximum absolute atomic E-state index is 2.23. The molecule has 0 amide bonds. The van der Waals surface area contributed by atoms with E-state index in [1.165, 1.54) is 5.56 Å². The molecule has 0 N–H and O–H groups in total. The fourth-order valence-corrected chi connectivity index (χ4v) is 1.09. The van der Waals surface area contributed by atoms with Gasteiger partial charge in [0.25, 0.3) is 0 Å². The first-order valence-corrected chi connectivity index (χ1v) is 4.84. The Labute approximate surface area is 81.3 Å². The van der Waals surface area contributed by atoms with E-state index >= 15 is 0 Å². The summed E-state index contributed by atoms with van der Waals surface area (Å²) in [6.45, 7) is 4.46. The molecule has 0 atom stereocenters. The maximum Gasteiger partial charge on any atom is -0.0165 e. The van der Waals surface area contributed by atoms with E-state index in [4.69, 9.17) is 0 Å². The number of rotatable bonds is 4. The monoisotopic (exact) mass is 173 g/mol. The van der Waals surface area contributed by atoms with Gasteiger partial charge in [0, 0.05) is 0 Å². The Morgan fingerprint density at radius 2 is 1.85 bits per heavy atom. The van der Waals surface area contributed by atoms with Gasteiger partial charge in [-0.1, -0.05) is 56.3 Å². The molecule has 0 aliphatic rings. The maximum atomic E-state index is 2.23. The van der Waals surface area contributed by atoms with Gasteiger partial charge in [0.05, 0.1) is 0 Å². The summed E-state index contributed by atoms with van der Waals surface area (Å²) in [5.41, 5.74) is 1.27. The molecular weight excluding hydrogens is 156 g/mol. The third-order valence-electron chi connectivity index (χ3n) is 1.83. The summed E-state index contributed by atoms with van der Waals surface area (Å²) >= 11 is 0. The molecule has 0 saturated carbocycles. The summed E-state index contributed by atoms with van der Waals surface area (Å²) in [6.07, 6.45) is 7.65. The van der Waals surface area contributed by atoms with E-state index in [1.54, 1.807) is 0 Å². The van der Waals surface area contributed by atoms with Gasteiger partial charge in [-0.25, -0.2) is 0 Å². The summed E-state index contributed by atoms with van der Waals surface area (Å²) in [5.74, 6) is 0.750. The average Bonchev–Trinajstić information content (AvgIpc) is 2.14. The second-order valence-electron chi connectivity index (χ2n) is 3.64. The lowest BCUT2D eigenvalue weighted by Gasteiger charge is -1.98. The van der Waals surface area contributed by atoms with Gasteiger partial charge in [-0.15, -0.1) is 0 Å². The van der Waals surface area contributed by atoms with E-state index in [1.807, 2.05) is 6.07 Å². The fourth-order valence-electron chi connectivity index (χ4n) is 1.09. The molecular formula is C13H17. The second-order valence-corrected chi connectivity index (χ2v) is 3.64. The number of hydrogen-bond acceptors (Lipinski definition) is 0. The van der Waals surface area contributed by atoms with Crippen LogP contribution in [0.4, 0.5) is 0 Å². The van der Waals surface area contributed by atoms with E-state index in [0.29, 0.717) is 0 Å². The van der Waals surface area contributed by atoms with Gasteiger partial charge in [-0.3, -0.25) is 0 Å². The molecule has 0 fully saturated rings. The van der Waals surface area contributed by atoms with Crippen LogP contribution in [0, 0.1) is 12.3 Å². The Morgan fingerprint density at radius 3 is 2.46 bits per heavy atom. The predicted molar refractivity (Wildman–Crippen MR) is 59.2 cm³/mol. The van der Waals surface area contributed by atoms with Crippen LogP contribution in [0.1, 0.15) is 25.8 Å². The van der Waals surface area contributed by atoms with E-state index in [9.17, 15) is 0 Å². The molecule has 0 bridgehead atoms. The van der Waals surface area contributed by atoms with Crippen LogP contribution < -0.4 is 0 Å². The highest BCUT2D eigenvalue weighted by Crippen LogP contribution is 2.06. The normalized spacial score (nSPS) is 11.3. The molecule has 0 saturated heterocycles. The van der Waals surface area contributed by atoms with Crippen molar-refractivity contribution in [3.63, 3.8) is 0 Å². The van der Waals surface area contributed by atoms with Gasteiger partial charge >= 0.3 is 0 Å². The zero-order valence-corrected chi connectivity index (χ0v) is 8.40. The van der Waals surface area contributed by atoms with Gasteiger partial charge < -0.3 is 0 Å². The molecule has 0 unspecified atom stereocenters. The third-order valence-corrected chi connectivity index (χ3v) is 1.83. The summed E-state index contributed by atoms with van der Waals surface area (Å²) in [6, 6.07) is 10.4. The van der Waals surface area contributed by atoms with E-state index in [0.717, 1.165) is 12.3 Å². The van der Waals surface area contributed by atoms with Crippen molar-refractivity contribution in [3.8, 4) is 0 Å². The average molecular weight is 173 g/mol. The van der Waals surface area contributed by atoms with Crippen LogP contribution in [0.3, 0.4) is 0 Å². The standard InChI is InChI=1S/C13H17/c1-12(2)8-6-7-11-13-9-4-3-5-10-13/h3-7,9-12H,8H2,1-2H3. The third kappa shape index (κ3) is 4.51. The van der Waals surface area contributed by atoms with Crippen molar-refractivity contribution in [2.24, 2.45) is 5.92 Å². The van der Waals surface area contributed by atoms with Crippen molar-refractivity contribution in [1.82, 2.24) is 0 Å². The minimum Gasteiger partial charge on any atom is -0.0802 e. The number of allylic oxidation sites excluding steroid dienone is 1. The predicted octanol–water partition coefficient (Wildman–Crippen LogP) is 3.95. The topological polar surface area (TPSA) is 0 Å². The quantitative estimate of drug-likeness (QED) is 0.646. The molecule has 0 spiro atoms. The van der Waals surface area contributed by atoms with E-state index < -0.39 is 0 Å². The lowest BCUT2D eigenvalue weighted by Crippen LogP contribution is -1.84. The molecule has 1 radical (unpaired) electrons. The van der Waals surface area contributed by atoms with E-state index in [2.05, 4.69) is 56.7 Å². The van der Waals surface area contributed by atoms with Crippen LogP contribution in [0.5, 0.6) is 0 Å². The molecule has 1 aromatic rings. The fraction of sp³-hybridized carbons (Fsp3) is 0.308. The molecule has 13 heavy (non-hydrogen) atoms. The van der Waals surface area contributed by atoms with Crippen LogP contribution >= 0.6 is 0 Å². The first kappa shape index (κ1) is 10.0.